The van der Waals surface area contributed by atoms with Gasteiger partial charge in [-0.1, -0.05) is 26.8 Å². The van der Waals surface area contributed by atoms with Gasteiger partial charge in [-0.15, -0.1) is 5.10 Å². The molecule has 1 aromatic heterocycles. The highest BCUT2D eigenvalue weighted by atomic mass is 35.5. The minimum atomic E-state index is -0.812. The summed E-state index contributed by atoms with van der Waals surface area (Å²) >= 11 is 5.93. The van der Waals surface area contributed by atoms with Crippen LogP contribution in [0.15, 0.2) is 18.2 Å². The number of nitrogens with zero attached hydrogens (tertiary/aromatic N) is 3. The van der Waals surface area contributed by atoms with E-state index in [1.807, 2.05) is 19.1 Å². The SMILES string of the molecule is CO[C@H]1CC[C@@H](N(CC(C)C)c2ccc(C(C)CC(=O)O)cc2Nc2n[nH]c(Cl)n2)CC1. The van der Waals surface area contributed by atoms with Crippen LogP contribution in [0.25, 0.3) is 0 Å². The average Bonchev–Trinajstić information content (AvgIpc) is 3.16. The molecule has 32 heavy (non-hydrogen) atoms. The summed E-state index contributed by atoms with van der Waals surface area (Å²) in [5.41, 5.74) is 2.87. The van der Waals surface area contributed by atoms with Crippen molar-refractivity contribution in [1.82, 2.24) is 15.2 Å². The average molecular weight is 464 g/mol. The van der Waals surface area contributed by atoms with E-state index >= 15 is 0 Å². The van der Waals surface area contributed by atoms with Gasteiger partial charge in [-0.05, 0) is 66.8 Å². The molecule has 1 heterocycles. The topological polar surface area (TPSA) is 103 Å². The van der Waals surface area contributed by atoms with Crippen molar-refractivity contribution in [2.45, 2.75) is 70.9 Å². The van der Waals surface area contributed by atoms with Crippen LogP contribution in [0, 0.1) is 5.92 Å². The number of H-pyrrole nitrogens is 1. The fraction of sp³-hybridized carbons (Fsp3) is 0.609. The molecular formula is C23H34ClN5O3. The van der Waals surface area contributed by atoms with E-state index in [0.717, 1.165) is 49.2 Å². The van der Waals surface area contributed by atoms with Crippen molar-refractivity contribution >= 4 is 34.9 Å². The molecule has 1 fully saturated rings. The van der Waals surface area contributed by atoms with Crippen LogP contribution >= 0.6 is 11.6 Å². The van der Waals surface area contributed by atoms with E-state index in [9.17, 15) is 9.90 Å². The van der Waals surface area contributed by atoms with Crippen LogP contribution in [0.5, 0.6) is 0 Å². The molecule has 1 atom stereocenters. The monoisotopic (exact) mass is 463 g/mol. The maximum Gasteiger partial charge on any atom is 0.303 e. The number of anilines is 3. The summed E-state index contributed by atoms with van der Waals surface area (Å²) in [6, 6.07) is 6.55. The van der Waals surface area contributed by atoms with Crippen LogP contribution in [0.1, 0.15) is 64.4 Å². The number of aromatic nitrogens is 3. The van der Waals surface area contributed by atoms with Gasteiger partial charge in [0.1, 0.15) is 0 Å². The number of halogens is 1. The van der Waals surface area contributed by atoms with Crippen molar-refractivity contribution in [2.75, 3.05) is 23.9 Å². The van der Waals surface area contributed by atoms with Crippen molar-refractivity contribution in [3.8, 4) is 0 Å². The van der Waals surface area contributed by atoms with E-state index in [2.05, 4.69) is 45.3 Å². The van der Waals surface area contributed by atoms with Gasteiger partial charge in [-0.2, -0.15) is 4.98 Å². The molecule has 3 N–H and O–H groups in total. The van der Waals surface area contributed by atoms with E-state index in [1.54, 1.807) is 7.11 Å². The molecule has 1 aliphatic carbocycles. The fourth-order valence-electron chi connectivity index (χ4n) is 4.44. The van der Waals surface area contributed by atoms with Gasteiger partial charge in [0.2, 0.25) is 11.2 Å². The fourth-order valence-corrected chi connectivity index (χ4v) is 4.56. The molecule has 9 heteroatoms. The van der Waals surface area contributed by atoms with E-state index in [0.29, 0.717) is 24.0 Å². The Morgan fingerprint density at radius 2 is 2.03 bits per heavy atom. The van der Waals surface area contributed by atoms with Crippen molar-refractivity contribution in [3.63, 3.8) is 0 Å². The summed E-state index contributed by atoms with van der Waals surface area (Å²) in [5, 5.41) is 19.5. The second-order valence-electron chi connectivity index (χ2n) is 9.06. The summed E-state index contributed by atoms with van der Waals surface area (Å²) < 4.78 is 5.57. The second-order valence-corrected chi connectivity index (χ2v) is 9.42. The van der Waals surface area contributed by atoms with E-state index in [4.69, 9.17) is 16.3 Å². The molecule has 8 nitrogen and oxygen atoms in total. The lowest BCUT2D eigenvalue weighted by Gasteiger charge is -2.40. The number of hydrogen-bond acceptors (Lipinski definition) is 6. The lowest BCUT2D eigenvalue weighted by molar-refractivity contribution is -0.137. The quantitative estimate of drug-likeness (QED) is 0.444. The van der Waals surface area contributed by atoms with Crippen LogP contribution in [-0.2, 0) is 9.53 Å². The van der Waals surface area contributed by atoms with Crippen LogP contribution in [0.2, 0.25) is 5.28 Å². The van der Waals surface area contributed by atoms with Gasteiger partial charge in [0, 0.05) is 19.7 Å². The predicted octanol–water partition coefficient (Wildman–Crippen LogP) is 5.20. The third-order valence-electron chi connectivity index (χ3n) is 6.06. The first-order chi connectivity index (χ1) is 15.3. The Bertz CT molecular complexity index is 896. The molecule has 1 unspecified atom stereocenters. The number of aromatic amines is 1. The number of methoxy groups -OCH3 is 1. The van der Waals surface area contributed by atoms with Crippen molar-refractivity contribution in [3.05, 3.63) is 29.0 Å². The molecule has 0 saturated heterocycles. The Balaban J connectivity index is 1.96. The normalized spacial score (nSPS) is 19.7. The number of aliphatic carboxylic acids is 1. The zero-order valence-electron chi connectivity index (χ0n) is 19.3. The minimum Gasteiger partial charge on any atom is -0.481 e. The molecule has 2 aromatic rings. The number of carboxylic acid groups (broad SMARTS) is 1. The molecule has 0 amide bonds. The van der Waals surface area contributed by atoms with Crippen LogP contribution in [-0.4, -0.2) is 52.1 Å². The maximum absolute atomic E-state index is 11.2. The molecule has 1 aromatic carbocycles. The summed E-state index contributed by atoms with van der Waals surface area (Å²) in [6.07, 6.45) is 4.62. The van der Waals surface area contributed by atoms with Crippen LogP contribution in [0.3, 0.4) is 0 Å². The standard InChI is InChI=1S/C23H34ClN5O3/c1-14(2)13-29(17-6-8-18(32-4)9-7-17)20-10-5-16(15(3)11-21(30)31)12-19(20)25-23-26-22(24)27-28-23/h5,10,12,14-15,17-18H,6-9,11,13H2,1-4H3,(H,30,31)(H2,25,26,27,28)/t15?,17-,18+. The van der Waals surface area contributed by atoms with Gasteiger partial charge in [-0.25, -0.2) is 5.10 Å². The first-order valence-electron chi connectivity index (χ1n) is 11.3. The first-order valence-corrected chi connectivity index (χ1v) is 11.6. The molecule has 0 radical (unpaired) electrons. The third kappa shape index (κ3) is 6.36. The molecule has 0 spiro atoms. The van der Waals surface area contributed by atoms with Gasteiger partial charge in [0.05, 0.1) is 23.9 Å². The van der Waals surface area contributed by atoms with Crippen LogP contribution in [0.4, 0.5) is 17.3 Å². The molecule has 0 aliphatic heterocycles. The highest BCUT2D eigenvalue weighted by Crippen LogP contribution is 2.37. The molecule has 176 valence electrons. The molecule has 1 saturated carbocycles. The van der Waals surface area contributed by atoms with E-state index in [1.165, 1.54) is 0 Å². The molecule has 1 aliphatic rings. The largest absolute Gasteiger partial charge is 0.481 e. The molecular weight excluding hydrogens is 430 g/mol. The Morgan fingerprint density at radius 3 is 2.59 bits per heavy atom. The summed E-state index contributed by atoms with van der Waals surface area (Å²) in [7, 11) is 1.79. The van der Waals surface area contributed by atoms with E-state index in [-0.39, 0.29) is 17.6 Å². The molecule has 0 bridgehead atoms. The number of carbonyl (C=O) groups is 1. The van der Waals surface area contributed by atoms with Gasteiger partial charge < -0.3 is 20.1 Å². The summed E-state index contributed by atoms with van der Waals surface area (Å²) in [5.74, 6) is -0.0693. The highest BCUT2D eigenvalue weighted by Gasteiger charge is 2.28. The first kappa shape index (κ1) is 24.3. The molecule has 3 rings (SSSR count). The second kappa shape index (κ2) is 11.0. The number of hydrogen-bond donors (Lipinski definition) is 3. The summed E-state index contributed by atoms with van der Waals surface area (Å²) in [4.78, 5) is 17.9. The predicted molar refractivity (Wildman–Crippen MR) is 127 cm³/mol. The van der Waals surface area contributed by atoms with Crippen LogP contribution < -0.4 is 10.2 Å². The Labute approximate surface area is 194 Å². The Morgan fingerprint density at radius 1 is 1.31 bits per heavy atom. The number of ether oxygens (including phenoxy) is 1. The smallest absolute Gasteiger partial charge is 0.303 e. The van der Waals surface area contributed by atoms with Gasteiger partial charge >= 0.3 is 5.97 Å². The van der Waals surface area contributed by atoms with Gasteiger partial charge in [0.25, 0.3) is 0 Å². The number of nitrogens with one attached hydrogen (secondary N) is 2. The zero-order chi connectivity index (χ0) is 23.3. The van der Waals surface area contributed by atoms with Crippen molar-refractivity contribution in [2.24, 2.45) is 5.92 Å². The minimum absolute atomic E-state index is 0.0714. The van der Waals surface area contributed by atoms with Crippen molar-refractivity contribution in [1.29, 1.82) is 0 Å². The zero-order valence-corrected chi connectivity index (χ0v) is 20.0. The lowest BCUT2D eigenvalue weighted by Crippen LogP contribution is -2.41. The van der Waals surface area contributed by atoms with E-state index < -0.39 is 5.97 Å². The number of benzene rings is 1. The lowest BCUT2D eigenvalue weighted by atomic mass is 9.90. The summed E-state index contributed by atoms with van der Waals surface area (Å²) in [6.45, 7) is 7.28. The Hall–Kier alpha value is -2.32. The maximum atomic E-state index is 11.2. The van der Waals surface area contributed by atoms with Gasteiger partial charge in [-0.3, -0.25) is 4.79 Å². The number of carboxylic acids is 1. The Kier molecular flexibility index (Phi) is 8.37. The third-order valence-corrected chi connectivity index (χ3v) is 6.23. The van der Waals surface area contributed by atoms with Crippen molar-refractivity contribution < 1.29 is 14.6 Å². The highest BCUT2D eigenvalue weighted by molar-refractivity contribution is 6.28. The number of rotatable bonds is 10. The van der Waals surface area contributed by atoms with Gasteiger partial charge in [0.15, 0.2) is 0 Å².